The topological polar surface area (TPSA) is 73.2 Å². The van der Waals surface area contributed by atoms with Crippen LogP contribution in [0, 0.1) is 11.3 Å². The van der Waals surface area contributed by atoms with Crippen molar-refractivity contribution in [1.29, 1.82) is 5.26 Å². The van der Waals surface area contributed by atoms with Crippen molar-refractivity contribution in [2.75, 3.05) is 17.3 Å². The van der Waals surface area contributed by atoms with Gasteiger partial charge in [0.2, 0.25) is 5.91 Å². The van der Waals surface area contributed by atoms with E-state index < -0.39 is 5.41 Å². The van der Waals surface area contributed by atoms with Crippen LogP contribution in [-0.2, 0) is 10.2 Å². The summed E-state index contributed by atoms with van der Waals surface area (Å²) >= 11 is 0. The van der Waals surface area contributed by atoms with Crippen molar-refractivity contribution in [3.05, 3.63) is 59.2 Å². The maximum atomic E-state index is 12.5. The molecule has 0 unspecified atom stereocenters. The number of rotatable bonds is 2. The molecular formula is C19H17N3O2. The van der Waals surface area contributed by atoms with Gasteiger partial charge in [-0.05, 0) is 61.9 Å². The molecule has 1 heterocycles. The molecule has 1 aliphatic heterocycles. The Morgan fingerprint density at radius 3 is 2.46 bits per heavy atom. The first-order valence-corrected chi connectivity index (χ1v) is 7.59. The van der Waals surface area contributed by atoms with Gasteiger partial charge in [-0.3, -0.25) is 9.59 Å². The number of benzene rings is 2. The first kappa shape index (κ1) is 15.8. The lowest BCUT2D eigenvalue weighted by Crippen LogP contribution is -2.33. The fourth-order valence-electron chi connectivity index (χ4n) is 2.95. The monoisotopic (exact) mass is 319 g/mol. The summed E-state index contributed by atoms with van der Waals surface area (Å²) in [5.41, 5.74) is 2.69. The summed E-state index contributed by atoms with van der Waals surface area (Å²) in [6.45, 7) is 3.72. The number of hydrogen-bond donors (Lipinski definition) is 1. The second-order valence-electron chi connectivity index (χ2n) is 6.36. The Morgan fingerprint density at radius 1 is 1.17 bits per heavy atom. The summed E-state index contributed by atoms with van der Waals surface area (Å²) in [4.78, 5) is 26.4. The molecule has 24 heavy (non-hydrogen) atoms. The summed E-state index contributed by atoms with van der Waals surface area (Å²) in [6.07, 6.45) is 0. The molecule has 3 rings (SSSR count). The highest BCUT2D eigenvalue weighted by Gasteiger charge is 2.42. The molecule has 1 N–H and O–H groups in total. The van der Waals surface area contributed by atoms with Gasteiger partial charge in [-0.25, -0.2) is 0 Å². The number of hydrogen-bond acceptors (Lipinski definition) is 3. The van der Waals surface area contributed by atoms with Gasteiger partial charge < -0.3 is 10.2 Å². The Hall–Kier alpha value is -3.13. The van der Waals surface area contributed by atoms with Gasteiger partial charge in [-0.2, -0.15) is 5.26 Å². The quantitative estimate of drug-likeness (QED) is 0.924. The highest BCUT2D eigenvalue weighted by molar-refractivity contribution is 6.10. The second-order valence-corrected chi connectivity index (χ2v) is 6.36. The lowest BCUT2D eigenvalue weighted by Gasteiger charge is -2.16. The summed E-state index contributed by atoms with van der Waals surface area (Å²) in [5, 5.41) is 11.6. The molecule has 0 atom stereocenters. The van der Waals surface area contributed by atoms with E-state index in [1.807, 2.05) is 19.9 Å². The van der Waals surface area contributed by atoms with E-state index in [1.54, 1.807) is 54.4 Å². The van der Waals surface area contributed by atoms with Crippen molar-refractivity contribution in [2.24, 2.45) is 0 Å². The molecule has 5 heteroatoms. The normalized spacial score (nSPS) is 14.9. The number of anilines is 2. The summed E-state index contributed by atoms with van der Waals surface area (Å²) in [7, 11) is 1.74. The Kier molecular flexibility index (Phi) is 3.61. The lowest BCUT2D eigenvalue weighted by molar-refractivity contribution is -0.121. The van der Waals surface area contributed by atoms with Crippen LogP contribution in [-0.4, -0.2) is 18.9 Å². The number of likely N-dealkylation sites (N-methyl/N-ethyl adjacent to an activating group) is 1. The standard InChI is InChI=1S/C19H17N3O2/c1-19(2)15-10-13(6-9-16(15)22(3)18(19)24)17(23)21-14-7-4-12(11-20)5-8-14/h4-10H,1-3H3,(H,21,23). The number of amides is 2. The summed E-state index contributed by atoms with van der Waals surface area (Å²) in [5.74, 6) is -0.234. The number of carbonyl (C=O) groups is 2. The van der Waals surface area contributed by atoms with Crippen LogP contribution in [0.2, 0.25) is 0 Å². The van der Waals surface area contributed by atoms with Crippen molar-refractivity contribution in [2.45, 2.75) is 19.3 Å². The van der Waals surface area contributed by atoms with Gasteiger partial charge in [0.25, 0.3) is 5.91 Å². The zero-order chi connectivity index (χ0) is 17.5. The largest absolute Gasteiger partial charge is 0.322 e. The van der Waals surface area contributed by atoms with Gasteiger partial charge in [0, 0.05) is 24.0 Å². The molecule has 5 nitrogen and oxygen atoms in total. The van der Waals surface area contributed by atoms with E-state index in [-0.39, 0.29) is 11.8 Å². The van der Waals surface area contributed by atoms with Crippen LogP contribution < -0.4 is 10.2 Å². The number of fused-ring (bicyclic) bond motifs is 1. The Balaban J connectivity index is 1.88. The first-order chi connectivity index (χ1) is 11.3. The smallest absolute Gasteiger partial charge is 0.255 e. The Labute approximate surface area is 140 Å². The maximum Gasteiger partial charge on any atom is 0.255 e. The third-order valence-electron chi connectivity index (χ3n) is 4.40. The molecule has 0 aromatic heterocycles. The molecule has 2 amide bonds. The Morgan fingerprint density at radius 2 is 1.83 bits per heavy atom. The van der Waals surface area contributed by atoms with Crippen molar-refractivity contribution >= 4 is 23.2 Å². The molecule has 0 bridgehead atoms. The van der Waals surface area contributed by atoms with Gasteiger partial charge >= 0.3 is 0 Å². The van der Waals surface area contributed by atoms with Gasteiger partial charge in [0.1, 0.15) is 0 Å². The van der Waals surface area contributed by atoms with E-state index in [4.69, 9.17) is 5.26 Å². The molecule has 2 aromatic rings. The van der Waals surface area contributed by atoms with Gasteiger partial charge in [0.05, 0.1) is 17.0 Å². The molecule has 2 aromatic carbocycles. The zero-order valence-corrected chi connectivity index (χ0v) is 13.8. The number of carbonyl (C=O) groups excluding carboxylic acids is 2. The second kappa shape index (κ2) is 5.50. The number of nitriles is 1. The molecule has 1 aliphatic rings. The van der Waals surface area contributed by atoms with E-state index in [0.717, 1.165) is 11.3 Å². The number of nitrogens with zero attached hydrogens (tertiary/aromatic N) is 2. The van der Waals surface area contributed by atoms with E-state index >= 15 is 0 Å². The van der Waals surface area contributed by atoms with Gasteiger partial charge in [0.15, 0.2) is 0 Å². The van der Waals surface area contributed by atoms with Crippen LogP contribution >= 0.6 is 0 Å². The molecule has 0 radical (unpaired) electrons. The highest BCUT2D eigenvalue weighted by atomic mass is 16.2. The van der Waals surface area contributed by atoms with E-state index in [0.29, 0.717) is 16.8 Å². The van der Waals surface area contributed by atoms with Crippen LogP contribution in [0.25, 0.3) is 0 Å². The van der Waals surface area contributed by atoms with E-state index in [9.17, 15) is 9.59 Å². The van der Waals surface area contributed by atoms with Crippen LogP contribution in [0.5, 0.6) is 0 Å². The minimum atomic E-state index is -0.644. The first-order valence-electron chi connectivity index (χ1n) is 7.59. The minimum absolute atomic E-state index is 0.0159. The maximum absolute atomic E-state index is 12.5. The molecule has 120 valence electrons. The fraction of sp³-hybridized carbons (Fsp3) is 0.211. The van der Waals surface area contributed by atoms with Gasteiger partial charge in [-0.1, -0.05) is 0 Å². The molecular weight excluding hydrogens is 302 g/mol. The average molecular weight is 319 g/mol. The van der Waals surface area contributed by atoms with Crippen LogP contribution in [0.4, 0.5) is 11.4 Å². The predicted octanol–water partition coefficient (Wildman–Crippen LogP) is 3.06. The fourth-order valence-corrected chi connectivity index (χ4v) is 2.95. The highest BCUT2D eigenvalue weighted by Crippen LogP contribution is 2.41. The Bertz CT molecular complexity index is 876. The SMILES string of the molecule is CN1C(=O)C(C)(C)c2cc(C(=O)Nc3ccc(C#N)cc3)ccc21. The third kappa shape index (κ3) is 2.42. The number of nitrogens with one attached hydrogen (secondary N) is 1. The molecule has 0 saturated heterocycles. The van der Waals surface area contributed by atoms with E-state index in [2.05, 4.69) is 5.32 Å². The van der Waals surface area contributed by atoms with Crippen molar-refractivity contribution in [1.82, 2.24) is 0 Å². The van der Waals surface area contributed by atoms with E-state index in [1.165, 1.54) is 0 Å². The van der Waals surface area contributed by atoms with Crippen LogP contribution in [0.3, 0.4) is 0 Å². The predicted molar refractivity (Wildman–Crippen MR) is 92.0 cm³/mol. The van der Waals surface area contributed by atoms with Crippen LogP contribution in [0.1, 0.15) is 35.3 Å². The van der Waals surface area contributed by atoms with Crippen molar-refractivity contribution < 1.29 is 9.59 Å². The summed E-state index contributed by atoms with van der Waals surface area (Å²) in [6, 6.07) is 14.0. The molecule has 0 spiro atoms. The minimum Gasteiger partial charge on any atom is -0.322 e. The molecule has 0 saturated carbocycles. The van der Waals surface area contributed by atoms with Crippen molar-refractivity contribution in [3.63, 3.8) is 0 Å². The average Bonchev–Trinajstić information content (AvgIpc) is 2.76. The zero-order valence-electron chi connectivity index (χ0n) is 13.8. The lowest BCUT2D eigenvalue weighted by atomic mass is 9.85. The molecule has 0 fully saturated rings. The summed E-state index contributed by atoms with van der Waals surface area (Å²) < 4.78 is 0. The molecule has 0 aliphatic carbocycles. The van der Waals surface area contributed by atoms with Crippen LogP contribution in [0.15, 0.2) is 42.5 Å². The third-order valence-corrected chi connectivity index (χ3v) is 4.40. The van der Waals surface area contributed by atoms with Gasteiger partial charge in [-0.15, -0.1) is 0 Å². The van der Waals surface area contributed by atoms with Crippen molar-refractivity contribution in [3.8, 4) is 6.07 Å².